The van der Waals surface area contributed by atoms with E-state index < -0.39 is 10.0 Å². The Morgan fingerprint density at radius 3 is 2.58 bits per heavy atom. The minimum atomic E-state index is -3.55. The maximum Gasteiger partial charge on any atom is 0.265 e. The number of nitrogens with one attached hydrogen (secondary N) is 1. The second kappa shape index (κ2) is 7.50. The molecule has 140 valence electrons. The third kappa shape index (κ3) is 3.84. The van der Waals surface area contributed by atoms with Crippen LogP contribution in [0.5, 0.6) is 0 Å². The molecule has 2 aromatic rings. The maximum atomic E-state index is 12.6. The number of sulfonamides is 1. The van der Waals surface area contributed by atoms with Crippen molar-refractivity contribution in [2.24, 2.45) is 0 Å². The molecule has 0 bridgehead atoms. The van der Waals surface area contributed by atoms with Gasteiger partial charge < -0.3 is 5.32 Å². The molecule has 5 nitrogen and oxygen atoms in total. The zero-order valence-electron chi connectivity index (χ0n) is 15.3. The molecule has 0 fully saturated rings. The van der Waals surface area contributed by atoms with Gasteiger partial charge in [-0.1, -0.05) is 12.5 Å². The second-order valence-corrected chi connectivity index (χ2v) is 10.1. The molecule has 26 heavy (non-hydrogen) atoms. The normalized spacial score (nSPS) is 14.8. The van der Waals surface area contributed by atoms with Crippen molar-refractivity contribution in [1.29, 1.82) is 0 Å². The Bertz CT molecular complexity index is 907. The van der Waals surface area contributed by atoms with E-state index in [0.717, 1.165) is 12.8 Å². The Kier molecular flexibility index (Phi) is 5.50. The summed E-state index contributed by atoms with van der Waals surface area (Å²) in [6, 6.07) is 6.98. The van der Waals surface area contributed by atoms with Crippen molar-refractivity contribution in [3.05, 3.63) is 45.1 Å². The van der Waals surface area contributed by atoms with Crippen molar-refractivity contribution in [2.45, 2.75) is 43.9 Å². The summed E-state index contributed by atoms with van der Waals surface area (Å²) in [5, 5.41) is 2.85. The molecule has 0 aliphatic heterocycles. The van der Waals surface area contributed by atoms with Crippen molar-refractivity contribution in [3.63, 3.8) is 0 Å². The molecule has 0 radical (unpaired) electrons. The summed E-state index contributed by atoms with van der Waals surface area (Å²) in [5.74, 6) is -0.180. The van der Waals surface area contributed by atoms with Gasteiger partial charge in [-0.05, 0) is 61.9 Å². The van der Waals surface area contributed by atoms with E-state index in [4.69, 9.17) is 0 Å². The quantitative estimate of drug-likeness (QED) is 0.804. The molecule has 1 aliphatic rings. The minimum absolute atomic E-state index is 0.180. The zero-order valence-corrected chi connectivity index (χ0v) is 17.0. The van der Waals surface area contributed by atoms with Crippen LogP contribution in [0.2, 0.25) is 0 Å². The van der Waals surface area contributed by atoms with Crippen LogP contribution in [0.3, 0.4) is 0 Å². The molecule has 1 amide bonds. The van der Waals surface area contributed by atoms with Crippen molar-refractivity contribution >= 4 is 33.0 Å². The first kappa shape index (κ1) is 19.1. The molecule has 1 aliphatic carbocycles. The van der Waals surface area contributed by atoms with Crippen LogP contribution < -0.4 is 5.32 Å². The number of anilines is 1. The smallest absolute Gasteiger partial charge is 0.265 e. The van der Waals surface area contributed by atoms with Crippen LogP contribution in [0.15, 0.2) is 29.2 Å². The molecule has 0 saturated carbocycles. The van der Waals surface area contributed by atoms with E-state index in [2.05, 4.69) is 5.32 Å². The van der Waals surface area contributed by atoms with Crippen LogP contribution in [0.1, 0.15) is 44.9 Å². The topological polar surface area (TPSA) is 66.5 Å². The summed E-state index contributed by atoms with van der Waals surface area (Å²) in [4.78, 5) is 14.8. The van der Waals surface area contributed by atoms with Gasteiger partial charge in [0.05, 0.1) is 9.77 Å². The molecule has 0 spiro atoms. The number of benzene rings is 1. The Labute approximate surface area is 159 Å². The van der Waals surface area contributed by atoms with E-state index >= 15 is 0 Å². The molecular weight excluding hydrogens is 368 g/mol. The average Bonchev–Trinajstić information content (AvgIpc) is 2.87. The van der Waals surface area contributed by atoms with Gasteiger partial charge >= 0.3 is 0 Å². The first-order valence-corrected chi connectivity index (χ1v) is 11.0. The molecule has 1 aromatic heterocycles. The number of hydrogen-bond donors (Lipinski definition) is 1. The number of fused-ring (bicyclic) bond motifs is 1. The molecule has 7 heteroatoms. The standard InChI is InChI=1S/C19H24N2O3S2/c1-13-9-10-15(12-18(13)26(23,24)21(2)3)20-19(22)17-11-14-7-5-4-6-8-16(14)25-17/h9-12H,4-8H2,1-3H3,(H,20,22). The predicted molar refractivity (Wildman–Crippen MR) is 106 cm³/mol. The van der Waals surface area contributed by atoms with E-state index in [1.54, 1.807) is 30.4 Å². The fourth-order valence-electron chi connectivity index (χ4n) is 3.12. The third-order valence-corrected chi connectivity index (χ3v) is 7.87. The highest BCUT2D eigenvalue weighted by Crippen LogP contribution is 2.30. The number of rotatable bonds is 4. The number of aryl methyl sites for hydroxylation is 3. The Balaban J connectivity index is 1.84. The highest BCUT2D eigenvalue weighted by molar-refractivity contribution is 7.89. The van der Waals surface area contributed by atoms with Crippen LogP contribution in [0.4, 0.5) is 5.69 Å². The highest BCUT2D eigenvalue weighted by Gasteiger charge is 2.21. The van der Waals surface area contributed by atoms with Crippen LogP contribution in [0.25, 0.3) is 0 Å². The van der Waals surface area contributed by atoms with Gasteiger partial charge in [-0.25, -0.2) is 12.7 Å². The Hall–Kier alpha value is -1.70. The number of nitrogens with zero attached hydrogens (tertiary/aromatic N) is 1. The SMILES string of the molecule is Cc1ccc(NC(=O)c2cc3c(s2)CCCCC3)cc1S(=O)(=O)N(C)C. The van der Waals surface area contributed by atoms with Crippen LogP contribution in [-0.4, -0.2) is 32.7 Å². The van der Waals surface area contributed by atoms with Gasteiger partial charge in [-0.2, -0.15) is 0 Å². The number of amides is 1. The second-order valence-electron chi connectivity index (χ2n) is 6.84. The van der Waals surface area contributed by atoms with Crippen molar-refractivity contribution in [1.82, 2.24) is 4.31 Å². The number of carbonyl (C=O) groups is 1. The fraction of sp³-hybridized carbons (Fsp3) is 0.421. The largest absolute Gasteiger partial charge is 0.321 e. The lowest BCUT2D eigenvalue weighted by atomic mass is 10.1. The lowest BCUT2D eigenvalue weighted by molar-refractivity contribution is 0.103. The van der Waals surface area contributed by atoms with Gasteiger partial charge in [0.1, 0.15) is 0 Å². The maximum absolute atomic E-state index is 12.6. The average molecular weight is 393 g/mol. The number of hydrogen-bond acceptors (Lipinski definition) is 4. The summed E-state index contributed by atoms with van der Waals surface area (Å²) in [5.41, 5.74) is 2.43. The molecule has 0 saturated heterocycles. The molecule has 3 rings (SSSR count). The van der Waals surface area contributed by atoms with Crippen LogP contribution in [0, 0.1) is 6.92 Å². The lowest BCUT2D eigenvalue weighted by Gasteiger charge is -2.15. The summed E-state index contributed by atoms with van der Waals surface area (Å²) in [6.07, 6.45) is 5.68. The van der Waals surface area contributed by atoms with E-state index in [1.807, 2.05) is 6.07 Å². The summed E-state index contributed by atoms with van der Waals surface area (Å²) >= 11 is 1.56. The molecular formula is C19H24N2O3S2. The highest BCUT2D eigenvalue weighted by atomic mass is 32.2. The Morgan fingerprint density at radius 1 is 1.12 bits per heavy atom. The van der Waals surface area contributed by atoms with Gasteiger partial charge in [-0.3, -0.25) is 4.79 Å². The molecule has 0 atom stereocenters. The Morgan fingerprint density at radius 2 is 1.85 bits per heavy atom. The van der Waals surface area contributed by atoms with Gasteiger partial charge in [0.2, 0.25) is 10.0 Å². The molecule has 0 unspecified atom stereocenters. The number of carbonyl (C=O) groups excluding carboxylic acids is 1. The van der Waals surface area contributed by atoms with Crippen LogP contribution in [-0.2, 0) is 22.9 Å². The van der Waals surface area contributed by atoms with Crippen molar-refractivity contribution < 1.29 is 13.2 Å². The first-order chi connectivity index (χ1) is 12.3. The van der Waals surface area contributed by atoms with Gasteiger partial charge in [0.15, 0.2) is 0 Å². The summed E-state index contributed by atoms with van der Waals surface area (Å²) < 4.78 is 26.1. The predicted octanol–water partition coefficient (Wildman–Crippen LogP) is 3.83. The van der Waals surface area contributed by atoms with Crippen LogP contribution >= 0.6 is 11.3 Å². The van der Waals surface area contributed by atoms with Gasteiger partial charge in [0, 0.05) is 24.7 Å². The van der Waals surface area contributed by atoms with Crippen molar-refractivity contribution in [3.8, 4) is 0 Å². The zero-order chi connectivity index (χ0) is 18.9. The third-order valence-electron chi connectivity index (χ3n) is 4.68. The summed E-state index contributed by atoms with van der Waals surface area (Å²) in [7, 11) is -0.555. The minimum Gasteiger partial charge on any atom is -0.321 e. The molecule has 1 N–H and O–H groups in total. The molecule has 1 aromatic carbocycles. The molecule has 1 heterocycles. The van der Waals surface area contributed by atoms with E-state index in [0.29, 0.717) is 16.1 Å². The number of thiophene rings is 1. The van der Waals surface area contributed by atoms with Gasteiger partial charge in [-0.15, -0.1) is 11.3 Å². The monoisotopic (exact) mass is 392 g/mol. The first-order valence-electron chi connectivity index (χ1n) is 8.75. The van der Waals surface area contributed by atoms with Crippen molar-refractivity contribution in [2.75, 3.05) is 19.4 Å². The lowest BCUT2D eigenvalue weighted by Crippen LogP contribution is -2.23. The summed E-state index contributed by atoms with van der Waals surface area (Å²) in [6.45, 7) is 1.75. The van der Waals surface area contributed by atoms with Gasteiger partial charge in [0.25, 0.3) is 5.91 Å². The van der Waals surface area contributed by atoms with E-state index in [9.17, 15) is 13.2 Å². The fourth-order valence-corrected chi connectivity index (χ4v) is 5.42. The van der Waals surface area contributed by atoms with E-state index in [-0.39, 0.29) is 10.8 Å². The van der Waals surface area contributed by atoms with E-state index in [1.165, 1.54) is 54.2 Å².